The van der Waals surface area contributed by atoms with E-state index in [1.807, 2.05) is 6.07 Å². The Bertz CT molecular complexity index is 580. The van der Waals surface area contributed by atoms with E-state index in [1.54, 1.807) is 0 Å². The molecule has 2 atom stereocenters. The molecule has 0 saturated heterocycles. The van der Waals surface area contributed by atoms with Crippen LogP contribution in [0, 0.1) is 11.8 Å². The van der Waals surface area contributed by atoms with Gasteiger partial charge in [0, 0.05) is 18.2 Å². The van der Waals surface area contributed by atoms with Crippen LogP contribution in [0.25, 0.3) is 11.1 Å². The second-order valence-corrected chi connectivity index (χ2v) is 6.40. The molecule has 3 heteroatoms. The summed E-state index contributed by atoms with van der Waals surface area (Å²) in [5.74, 6) is 2.45. The zero-order valence-electron chi connectivity index (χ0n) is 12.6. The van der Waals surface area contributed by atoms with Gasteiger partial charge in [-0.2, -0.15) is 0 Å². The fourth-order valence-corrected chi connectivity index (χ4v) is 3.52. The molecule has 0 aliphatic heterocycles. The second-order valence-electron chi connectivity index (χ2n) is 6.40. The van der Waals surface area contributed by atoms with E-state index in [0.29, 0.717) is 6.04 Å². The van der Waals surface area contributed by atoms with Gasteiger partial charge in [0.2, 0.25) is 0 Å². The molecule has 1 aromatic heterocycles. The van der Waals surface area contributed by atoms with Gasteiger partial charge in [-0.3, -0.25) is 0 Å². The number of nitrogens with one attached hydrogen (secondary N) is 1. The average Bonchev–Trinajstić information content (AvgIpc) is 2.79. The molecule has 1 fully saturated rings. The molecule has 3 nitrogen and oxygen atoms in total. The van der Waals surface area contributed by atoms with Crippen LogP contribution in [0.3, 0.4) is 0 Å². The lowest BCUT2D eigenvalue weighted by molar-refractivity contribution is 0.281. The summed E-state index contributed by atoms with van der Waals surface area (Å²) in [5.41, 5.74) is 3.02. The first kappa shape index (κ1) is 13.5. The van der Waals surface area contributed by atoms with Crippen LogP contribution in [-0.4, -0.2) is 11.0 Å². The molecular formula is C17H24N2O. The monoisotopic (exact) mass is 272 g/mol. The minimum Gasteiger partial charge on any atom is -0.441 e. The van der Waals surface area contributed by atoms with Crippen molar-refractivity contribution in [3.63, 3.8) is 0 Å². The summed E-state index contributed by atoms with van der Waals surface area (Å²) in [4.78, 5) is 4.51. The third-order valence-corrected chi connectivity index (χ3v) is 4.28. The van der Waals surface area contributed by atoms with Crippen LogP contribution >= 0.6 is 0 Å². The minimum atomic E-state index is 0.587. The molecule has 20 heavy (non-hydrogen) atoms. The molecule has 3 rings (SSSR count). The molecule has 1 aromatic carbocycles. The Morgan fingerprint density at radius 3 is 2.65 bits per heavy atom. The summed E-state index contributed by atoms with van der Waals surface area (Å²) in [7, 11) is 0. The van der Waals surface area contributed by atoms with Crippen LogP contribution in [-0.2, 0) is 6.42 Å². The van der Waals surface area contributed by atoms with E-state index < -0.39 is 0 Å². The molecule has 1 aliphatic carbocycles. The van der Waals surface area contributed by atoms with Gasteiger partial charge in [-0.1, -0.05) is 20.8 Å². The predicted octanol–water partition coefficient (Wildman–Crippen LogP) is 4.63. The van der Waals surface area contributed by atoms with Crippen molar-refractivity contribution in [2.75, 3.05) is 5.32 Å². The Labute approximate surface area is 120 Å². The number of oxazole rings is 1. The molecule has 0 bridgehead atoms. The van der Waals surface area contributed by atoms with Gasteiger partial charge in [0.15, 0.2) is 11.5 Å². The van der Waals surface area contributed by atoms with E-state index in [0.717, 1.165) is 35.2 Å². The lowest BCUT2D eigenvalue weighted by Crippen LogP contribution is -2.30. The summed E-state index contributed by atoms with van der Waals surface area (Å²) >= 11 is 0. The Morgan fingerprint density at radius 2 is 1.95 bits per heavy atom. The highest BCUT2D eigenvalue weighted by molar-refractivity contribution is 5.77. The largest absolute Gasteiger partial charge is 0.441 e. The highest BCUT2D eigenvalue weighted by atomic mass is 16.3. The fourth-order valence-electron chi connectivity index (χ4n) is 3.52. The van der Waals surface area contributed by atoms with Crippen molar-refractivity contribution >= 4 is 16.8 Å². The van der Waals surface area contributed by atoms with Crippen LogP contribution in [0.15, 0.2) is 22.6 Å². The summed E-state index contributed by atoms with van der Waals surface area (Å²) in [6, 6.07) is 6.84. The fraction of sp³-hybridized carbons (Fsp3) is 0.588. The van der Waals surface area contributed by atoms with Crippen LogP contribution in [0.2, 0.25) is 0 Å². The molecule has 1 N–H and O–H groups in total. The number of hydrogen-bond donors (Lipinski definition) is 1. The van der Waals surface area contributed by atoms with E-state index in [1.165, 1.54) is 24.9 Å². The van der Waals surface area contributed by atoms with E-state index in [2.05, 4.69) is 43.2 Å². The molecule has 0 radical (unpaired) electrons. The van der Waals surface area contributed by atoms with Crippen molar-refractivity contribution in [3.8, 4) is 0 Å². The van der Waals surface area contributed by atoms with Gasteiger partial charge in [0.1, 0.15) is 5.52 Å². The van der Waals surface area contributed by atoms with Crippen LogP contribution in [0.5, 0.6) is 0 Å². The Morgan fingerprint density at radius 1 is 1.20 bits per heavy atom. The summed E-state index contributed by atoms with van der Waals surface area (Å²) in [6.07, 6.45) is 4.73. The molecule has 108 valence electrons. The maximum Gasteiger partial charge on any atom is 0.195 e. The molecule has 2 unspecified atom stereocenters. The maximum absolute atomic E-state index is 5.66. The number of aryl methyl sites for hydroxylation is 1. The lowest BCUT2D eigenvalue weighted by Gasteiger charge is -2.32. The van der Waals surface area contributed by atoms with Gasteiger partial charge < -0.3 is 9.73 Å². The van der Waals surface area contributed by atoms with Crippen LogP contribution in [0.1, 0.15) is 45.9 Å². The lowest BCUT2D eigenvalue weighted by atomic mass is 9.80. The quantitative estimate of drug-likeness (QED) is 0.885. The molecule has 2 aromatic rings. The van der Waals surface area contributed by atoms with E-state index in [9.17, 15) is 0 Å². The van der Waals surface area contributed by atoms with E-state index in [4.69, 9.17) is 4.42 Å². The van der Waals surface area contributed by atoms with Gasteiger partial charge in [0.05, 0.1) is 0 Å². The number of hydrogen-bond acceptors (Lipinski definition) is 3. The van der Waals surface area contributed by atoms with Crippen molar-refractivity contribution < 1.29 is 4.42 Å². The zero-order valence-corrected chi connectivity index (χ0v) is 12.6. The molecule has 1 aliphatic rings. The number of nitrogens with zero attached hydrogens (tertiary/aromatic N) is 1. The van der Waals surface area contributed by atoms with Gasteiger partial charge >= 0.3 is 0 Å². The number of aromatic nitrogens is 1. The van der Waals surface area contributed by atoms with Gasteiger partial charge in [-0.05, 0) is 49.3 Å². The smallest absolute Gasteiger partial charge is 0.195 e. The first-order valence-electron chi connectivity index (χ1n) is 7.80. The number of rotatable bonds is 3. The van der Waals surface area contributed by atoms with Crippen molar-refractivity contribution in [2.24, 2.45) is 11.8 Å². The number of anilines is 1. The zero-order chi connectivity index (χ0) is 14.1. The summed E-state index contributed by atoms with van der Waals surface area (Å²) < 4.78 is 5.66. The third-order valence-electron chi connectivity index (χ3n) is 4.28. The Hall–Kier alpha value is -1.51. The van der Waals surface area contributed by atoms with Gasteiger partial charge in [0.25, 0.3) is 0 Å². The first-order valence-corrected chi connectivity index (χ1v) is 7.80. The standard InChI is InChI=1S/C17H24N2O/c1-4-17-19-15-10-13(5-6-16(15)20-17)18-14-8-11(2)7-12(3)9-14/h5-6,10-12,14,18H,4,7-9H2,1-3H3. The van der Waals surface area contributed by atoms with Crippen LogP contribution in [0.4, 0.5) is 5.69 Å². The van der Waals surface area contributed by atoms with E-state index >= 15 is 0 Å². The predicted molar refractivity (Wildman–Crippen MR) is 83.0 cm³/mol. The third kappa shape index (κ3) is 2.82. The van der Waals surface area contributed by atoms with Crippen LogP contribution < -0.4 is 5.32 Å². The topological polar surface area (TPSA) is 38.1 Å². The maximum atomic E-state index is 5.66. The summed E-state index contributed by atoms with van der Waals surface area (Å²) in [6.45, 7) is 6.78. The van der Waals surface area contributed by atoms with E-state index in [-0.39, 0.29) is 0 Å². The number of fused-ring (bicyclic) bond motifs is 1. The molecule has 0 spiro atoms. The molecule has 1 saturated carbocycles. The van der Waals surface area contributed by atoms with Crippen molar-refractivity contribution in [2.45, 2.75) is 52.5 Å². The van der Waals surface area contributed by atoms with Crippen molar-refractivity contribution in [3.05, 3.63) is 24.1 Å². The molecular weight excluding hydrogens is 248 g/mol. The Balaban J connectivity index is 1.76. The molecule has 0 amide bonds. The first-order chi connectivity index (χ1) is 9.64. The molecule has 1 heterocycles. The normalized spacial score (nSPS) is 26.9. The summed E-state index contributed by atoms with van der Waals surface area (Å²) in [5, 5.41) is 3.68. The highest BCUT2D eigenvalue weighted by Gasteiger charge is 2.23. The average molecular weight is 272 g/mol. The number of benzene rings is 1. The van der Waals surface area contributed by atoms with Crippen molar-refractivity contribution in [1.82, 2.24) is 4.98 Å². The van der Waals surface area contributed by atoms with Crippen molar-refractivity contribution in [1.29, 1.82) is 0 Å². The van der Waals surface area contributed by atoms with Gasteiger partial charge in [-0.15, -0.1) is 0 Å². The minimum absolute atomic E-state index is 0.587. The SMILES string of the molecule is CCc1nc2cc(NC3CC(C)CC(C)C3)ccc2o1. The van der Waals surface area contributed by atoms with Gasteiger partial charge in [-0.25, -0.2) is 4.98 Å². The highest BCUT2D eigenvalue weighted by Crippen LogP contribution is 2.31. The Kier molecular flexibility index (Phi) is 3.68. The second kappa shape index (κ2) is 5.47.